The fourth-order valence-electron chi connectivity index (χ4n) is 3.74. The Labute approximate surface area is 155 Å². The van der Waals surface area contributed by atoms with Crippen molar-refractivity contribution < 1.29 is 9.90 Å². The second-order valence-electron chi connectivity index (χ2n) is 6.36. The number of para-hydroxylation sites is 1. The minimum atomic E-state index is -0.830. The number of likely N-dealkylation sites (N-methyl/N-ethyl adjacent to an activating group) is 1. The topological polar surface area (TPSA) is 56.3 Å². The number of fused-ring (bicyclic) bond motifs is 3. The molecule has 0 spiro atoms. The van der Waals surface area contributed by atoms with Crippen LogP contribution in [0.25, 0.3) is 10.9 Å². The Hall–Kier alpha value is -2.01. The first kappa shape index (κ1) is 16.5. The van der Waals surface area contributed by atoms with Gasteiger partial charge in [0.1, 0.15) is 6.04 Å². The molecule has 4 rings (SSSR count). The fourth-order valence-corrected chi connectivity index (χ4v) is 4.05. The van der Waals surface area contributed by atoms with E-state index in [2.05, 4.69) is 4.98 Å². The van der Waals surface area contributed by atoms with Gasteiger partial charge in [-0.2, -0.15) is 0 Å². The van der Waals surface area contributed by atoms with E-state index in [-0.39, 0.29) is 6.04 Å². The first-order chi connectivity index (χ1) is 12.0. The second-order valence-corrected chi connectivity index (χ2v) is 7.18. The molecule has 25 heavy (non-hydrogen) atoms. The van der Waals surface area contributed by atoms with Gasteiger partial charge in [0, 0.05) is 23.0 Å². The minimum absolute atomic E-state index is 0.230. The number of halogens is 2. The van der Waals surface area contributed by atoms with Gasteiger partial charge in [-0.3, -0.25) is 9.69 Å². The van der Waals surface area contributed by atoms with E-state index in [1.165, 1.54) is 0 Å². The number of rotatable bonds is 2. The molecule has 6 heteroatoms. The molecule has 0 amide bonds. The number of hydrogen-bond acceptors (Lipinski definition) is 2. The maximum atomic E-state index is 11.8. The van der Waals surface area contributed by atoms with Gasteiger partial charge in [-0.05, 0) is 36.4 Å². The lowest BCUT2D eigenvalue weighted by atomic mass is 9.88. The Morgan fingerprint density at radius 1 is 1.20 bits per heavy atom. The Morgan fingerprint density at radius 2 is 1.96 bits per heavy atom. The molecule has 0 saturated carbocycles. The summed E-state index contributed by atoms with van der Waals surface area (Å²) in [5.41, 5.74) is 3.99. The van der Waals surface area contributed by atoms with Gasteiger partial charge in [0.05, 0.1) is 16.1 Å². The lowest BCUT2D eigenvalue weighted by Crippen LogP contribution is -2.46. The van der Waals surface area contributed by atoms with Crippen LogP contribution in [0.5, 0.6) is 0 Å². The first-order valence-electron chi connectivity index (χ1n) is 7.96. The largest absolute Gasteiger partial charge is 0.480 e. The number of hydrogen-bond donors (Lipinski definition) is 2. The summed E-state index contributed by atoms with van der Waals surface area (Å²) in [5, 5.41) is 11.7. The quantitative estimate of drug-likeness (QED) is 0.693. The summed E-state index contributed by atoms with van der Waals surface area (Å²) >= 11 is 12.3. The monoisotopic (exact) mass is 374 g/mol. The highest BCUT2D eigenvalue weighted by atomic mass is 35.5. The van der Waals surface area contributed by atoms with Crippen molar-refractivity contribution in [2.45, 2.75) is 18.5 Å². The number of carboxylic acid groups (broad SMARTS) is 1. The van der Waals surface area contributed by atoms with Crippen LogP contribution >= 0.6 is 23.2 Å². The summed E-state index contributed by atoms with van der Waals surface area (Å²) in [5.74, 6) is -0.830. The van der Waals surface area contributed by atoms with Crippen LogP contribution in [0.3, 0.4) is 0 Å². The molecule has 0 radical (unpaired) electrons. The SMILES string of the molecule is CN1[C@@H](c2ccc(Cl)c(Cl)c2)c2[nH]c3ccccc3c2C[C@H]1C(=O)O. The predicted molar refractivity (Wildman–Crippen MR) is 99.5 cm³/mol. The third-order valence-electron chi connectivity index (χ3n) is 4.96. The minimum Gasteiger partial charge on any atom is -0.480 e. The number of aromatic nitrogens is 1. The summed E-state index contributed by atoms with van der Waals surface area (Å²) in [6, 6.07) is 12.6. The van der Waals surface area contributed by atoms with E-state index in [0.29, 0.717) is 16.5 Å². The molecule has 1 aliphatic heterocycles. The van der Waals surface area contributed by atoms with Crippen LogP contribution in [-0.4, -0.2) is 34.0 Å². The van der Waals surface area contributed by atoms with E-state index in [9.17, 15) is 9.90 Å². The van der Waals surface area contributed by atoms with Gasteiger partial charge in [-0.25, -0.2) is 0 Å². The van der Waals surface area contributed by atoms with Crippen molar-refractivity contribution >= 4 is 40.1 Å². The molecule has 0 bridgehead atoms. The third-order valence-corrected chi connectivity index (χ3v) is 5.70. The number of carboxylic acids is 1. The molecule has 0 aliphatic carbocycles. The second kappa shape index (κ2) is 6.06. The molecule has 3 aromatic rings. The first-order valence-corrected chi connectivity index (χ1v) is 8.72. The number of aliphatic carboxylic acids is 1. The van der Waals surface area contributed by atoms with E-state index in [1.54, 1.807) is 6.07 Å². The molecule has 4 nitrogen and oxygen atoms in total. The van der Waals surface area contributed by atoms with E-state index < -0.39 is 12.0 Å². The number of benzene rings is 2. The Bertz CT molecular complexity index is 983. The Balaban J connectivity index is 1.95. The highest BCUT2D eigenvalue weighted by Gasteiger charge is 2.38. The average molecular weight is 375 g/mol. The summed E-state index contributed by atoms with van der Waals surface area (Å²) in [6.07, 6.45) is 0.461. The van der Waals surface area contributed by atoms with Gasteiger partial charge < -0.3 is 10.1 Å². The standard InChI is InChI=1S/C19H16Cl2N2O2/c1-23-16(19(24)25)9-12-11-4-2-3-5-15(11)22-17(12)18(23)10-6-7-13(20)14(21)8-10/h2-8,16,18,22H,9H2,1H3,(H,24,25)/t16-,18-/m0/s1. The zero-order valence-electron chi connectivity index (χ0n) is 13.5. The van der Waals surface area contributed by atoms with Crippen molar-refractivity contribution in [1.82, 2.24) is 9.88 Å². The van der Waals surface area contributed by atoms with Gasteiger partial charge in [-0.15, -0.1) is 0 Å². The molecule has 0 unspecified atom stereocenters. The van der Waals surface area contributed by atoms with E-state index >= 15 is 0 Å². The highest BCUT2D eigenvalue weighted by molar-refractivity contribution is 6.42. The molecule has 2 heterocycles. The summed E-state index contributed by atoms with van der Waals surface area (Å²) in [4.78, 5) is 17.2. The zero-order valence-corrected chi connectivity index (χ0v) is 15.0. The number of aromatic amines is 1. The number of carbonyl (C=O) groups is 1. The summed E-state index contributed by atoms with van der Waals surface area (Å²) in [6.45, 7) is 0. The van der Waals surface area contributed by atoms with Crippen molar-refractivity contribution in [2.24, 2.45) is 0 Å². The lowest BCUT2D eigenvalue weighted by molar-refractivity contribution is -0.143. The summed E-state index contributed by atoms with van der Waals surface area (Å²) in [7, 11) is 1.83. The fraction of sp³-hybridized carbons (Fsp3) is 0.211. The van der Waals surface area contributed by atoms with Crippen LogP contribution < -0.4 is 0 Å². The van der Waals surface area contributed by atoms with Gasteiger partial charge in [0.15, 0.2) is 0 Å². The maximum Gasteiger partial charge on any atom is 0.321 e. The third kappa shape index (κ3) is 2.61. The van der Waals surface area contributed by atoms with Gasteiger partial charge in [0.25, 0.3) is 0 Å². The van der Waals surface area contributed by atoms with Gasteiger partial charge in [-0.1, -0.05) is 47.5 Å². The van der Waals surface area contributed by atoms with Crippen LogP contribution in [0.4, 0.5) is 0 Å². The Kier molecular flexibility index (Phi) is 3.99. The number of H-pyrrole nitrogens is 1. The maximum absolute atomic E-state index is 11.8. The van der Waals surface area contributed by atoms with Crippen LogP contribution in [0.1, 0.15) is 22.9 Å². The van der Waals surface area contributed by atoms with Crippen LogP contribution in [0, 0.1) is 0 Å². The summed E-state index contributed by atoms with van der Waals surface area (Å²) < 4.78 is 0. The lowest BCUT2D eigenvalue weighted by Gasteiger charge is -2.37. The Morgan fingerprint density at radius 3 is 2.68 bits per heavy atom. The van der Waals surface area contributed by atoms with Crippen molar-refractivity contribution in [1.29, 1.82) is 0 Å². The predicted octanol–water partition coefficient (Wildman–Crippen LogP) is 4.51. The van der Waals surface area contributed by atoms with Crippen molar-refractivity contribution in [3.05, 3.63) is 69.3 Å². The van der Waals surface area contributed by atoms with Gasteiger partial charge in [0.2, 0.25) is 0 Å². The average Bonchev–Trinajstić information content (AvgIpc) is 2.95. The van der Waals surface area contributed by atoms with Crippen molar-refractivity contribution in [3.8, 4) is 0 Å². The molecular formula is C19H16Cl2N2O2. The van der Waals surface area contributed by atoms with E-state index in [1.807, 2.05) is 48.3 Å². The van der Waals surface area contributed by atoms with Crippen molar-refractivity contribution in [2.75, 3.05) is 7.05 Å². The molecule has 2 aromatic carbocycles. The smallest absolute Gasteiger partial charge is 0.321 e. The van der Waals surface area contributed by atoms with Crippen LogP contribution in [0.15, 0.2) is 42.5 Å². The zero-order chi connectivity index (χ0) is 17.7. The van der Waals surface area contributed by atoms with E-state index in [0.717, 1.165) is 27.7 Å². The highest BCUT2D eigenvalue weighted by Crippen LogP contribution is 2.41. The number of nitrogens with one attached hydrogen (secondary N) is 1. The molecule has 2 N–H and O–H groups in total. The molecule has 1 aliphatic rings. The normalized spacial score (nSPS) is 20.6. The van der Waals surface area contributed by atoms with E-state index in [4.69, 9.17) is 23.2 Å². The molecule has 0 fully saturated rings. The molecular weight excluding hydrogens is 359 g/mol. The number of nitrogens with zero attached hydrogens (tertiary/aromatic N) is 1. The van der Waals surface area contributed by atoms with Crippen LogP contribution in [-0.2, 0) is 11.2 Å². The molecule has 2 atom stereocenters. The van der Waals surface area contributed by atoms with Crippen LogP contribution in [0.2, 0.25) is 10.0 Å². The molecule has 1 aromatic heterocycles. The van der Waals surface area contributed by atoms with Gasteiger partial charge >= 0.3 is 5.97 Å². The molecule has 0 saturated heterocycles. The van der Waals surface area contributed by atoms with Crippen molar-refractivity contribution in [3.63, 3.8) is 0 Å². The molecule has 128 valence electrons.